The summed E-state index contributed by atoms with van der Waals surface area (Å²) < 4.78 is 0. The molecule has 0 N–H and O–H groups in total. The zero-order chi connectivity index (χ0) is 9.80. The van der Waals surface area contributed by atoms with E-state index in [0.29, 0.717) is 0 Å². The third-order valence-electron chi connectivity index (χ3n) is 2.20. The highest BCUT2D eigenvalue weighted by molar-refractivity contribution is 7.13. The molecule has 0 saturated heterocycles. The van der Waals surface area contributed by atoms with E-state index < -0.39 is 0 Å². The van der Waals surface area contributed by atoms with Gasteiger partial charge in [-0.1, -0.05) is 37.6 Å². The second kappa shape index (κ2) is 4.38. The van der Waals surface area contributed by atoms with Crippen LogP contribution in [0.1, 0.15) is 18.9 Å². The molecule has 0 saturated carbocycles. The third kappa shape index (κ3) is 1.85. The number of nitrogens with zero attached hydrogens (tertiary/aromatic N) is 1. The summed E-state index contributed by atoms with van der Waals surface area (Å²) in [6.45, 7) is 2.21. The lowest BCUT2D eigenvalue weighted by molar-refractivity contribution is 0.923. The topological polar surface area (TPSA) is 12.9 Å². The van der Waals surface area contributed by atoms with E-state index >= 15 is 0 Å². The van der Waals surface area contributed by atoms with Gasteiger partial charge in [0.2, 0.25) is 0 Å². The van der Waals surface area contributed by atoms with Crippen molar-refractivity contribution in [2.75, 3.05) is 0 Å². The van der Waals surface area contributed by atoms with E-state index in [-0.39, 0.29) is 0 Å². The highest BCUT2D eigenvalue weighted by Gasteiger charge is 2.04. The Morgan fingerprint density at radius 3 is 2.86 bits per heavy atom. The Morgan fingerprint density at radius 1 is 1.29 bits per heavy atom. The van der Waals surface area contributed by atoms with Crippen LogP contribution in [0.3, 0.4) is 0 Å². The van der Waals surface area contributed by atoms with Gasteiger partial charge in [0.25, 0.3) is 0 Å². The predicted octanol–water partition coefficient (Wildman–Crippen LogP) is 3.76. The first kappa shape index (κ1) is 9.41. The van der Waals surface area contributed by atoms with Crippen molar-refractivity contribution in [1.29, 1.82) is 0 Å². The second-order valence-electron chi connectivity index (χ2n) is 3.24. The summed E-state index contributed by atoms with van der Waals surface area (Å²) >= 11 is 1.70. The fraction of sp³-hybridized carbons (Fsp3) is 0.250. The fourth-order valence-corrected chi connectivity index (χ4v) is 2.27. The Morgan fingerprint density at radius 2 is 2.14 bits per heavy atom. The molecule has 1 aromatic carbocycles. The molecular formula is C12H13NS. The van der Waals surface area contributed by atoms with Gasteiger partial charge in [-0.15, -0.1) is 11.3 Å². The summed E-state index contributed by atoms with van der Waals surface area (Å²) in [5, 5.41) is 3.16. The van der Waals surface area contributed by atoms with Gasteiger partial charge in [-0.2, -0.15) is 0 Å². The van der Waals surface area contributed by atoms with E-state index in [1.807, 2.05) is 11.6 Å². The summed E-state index contributed by atoms with van der Waals surface area (Å²) in [4.78, 5) is 4.35. The molecule has 14 heavy (non-hydrogen) atoms. The Bertz CT molecular complexity index is 392. The molecule has 1 heterocycles. The normalized spacial score (nSPS) is 10.4. The van der Waals surface area contributed by atoms with Gasteiger partial charge in [-0.05, 0) is 12.0 Å². The molecule has 0 amide bonds. The van der Waals surface area contributed by atoms with Crippen LogP contribution in [-0.2, 0) is 6.42 Å². The zero-order valence-electron chi connectivity index (χ0n) is 8.23. The van der Waals surface area contributed by atoms with Crippen LogP contribution in [0.4, 0.5) is 0 Å². The van der Waals surface area contributed by atoms with Crippen LogP contribution < -0.4 is 0 Å². The zero-order valence-corrected chi connectivity index (χ0v) is 9.05. The molecule has 2 rings (SSSR count). The van der Waals surface area contributed by atoms with Crippen LogP contribution in [0.2, 0.25) is 0 Å². The molecule has 0 atom stereocenters. The van der Waals surface area contributed by atoms with Crippen molar-refractivity contribution in [3.05, 3.63) is 41.4 Å². The SMILES string of the molecule is CCCc1ccccc1-c1nccs1. The molecule has 0 bridgehead atoms. The van der Waals surface area contributed by atoms with Gasteiger partial charge in [-0.25, -0.2) is 4.98 Å². The predicted molar refractivity (Wildman–Crippen MR) is 61.5 cm³/mol. The van der Waals surface area contributed by atoms with Gasteiger partial charge in [-0.3, -0.25) is 0 Å². The maximum Gasteiger partial charge on any atom is 0.123 e. The van der Waals surface area contributed by atoms with Crippen molar-refractivity contribution in [1.82, 2.24) is 4.98 Å². The number of hydrogen-bond acceptors (Lipinski definition) is 2. The minimum Gasteiger partial charge on any atom is -0.245 e. The van der Waals surface area contributed by atoms with Crippen LogP contribution in [0.15, 0.2) is 35.8 Å². The first-order valence-electron chi connectivity index (χ1n) is 4.89. The smallest absolute Gasteiger partial charge is 0.123 e. The molecular weight excluding hydrogens is 190 g/mol. The average Bonchev–Trinajstić information content (AvgIpc) is 2.72. The van der Waals surface area contributed by atoms with E-state index in [4.69, 9.17) is 0 Å². The molecule has 0 fully saturated rings. The minimum absolute atomic E-state index is 1.13. The summed E-state index contributed by atoms with van der Waals surface area (Å²) in [7, 11) is 0. The van der Waals surface area contributed by atoms with E-state index in [2.05, 4.69) is 36.2 Å². The summed E-state index contributed by atoms with van der Waals surface area (Å²) in [6.07, 6.45) is 4.18. The molecule has 0 aliphatic carbocycles. The molecule has 1 nitrogen and oxygen atoms in total. The molecule has 2 heteroatoms. The van der Waals surface area contributed by atoms with Gasteiger partial charge >= 0.3 is 0 Å². The number of aromatic nitrogens is 1. The molecule has 1 aromatic heterocycles. The maximum absolute atomic E-state index is 4.35. The van der Waals surface area contributed by atoms with Gasteiger partial charge in [0.05, 0.1) is 0 Å². The summed E-state index contributed by atoms with van der Waals surface area (Å²) in [5.74, 6) is 0. The fourth-order valence-electron chi connectivity index (χ4n) is 1.57. The lowest BCUT2D eigenvalue weighted by Crippen LogP contribution is -1.87. The van der Waals surface area contributed by atoms with E-state index in [1.54, 1.807) is 11.3 Å². The molecule has 2 aromatic rings. The number of thiazole rings is 1. The van der Waals surface area contributed by atoms with Crippen LogP contribution >= 0.6 is 11.3 Å². The van der Waals surface area contributed by atoms with Crippen LogP contribution in [-0.4, -0.2) is 4.98 Å². The Hall–Kier alpha value is -1.15. The first-order chi connectivity index (χ1) is 6.92. The lowest BCUT2D eigenvalue weighted by atomic mass is 10.0. The van der Waals surface area contributed by atoms with Gasteiger partial charge in [0.15, 0.2) is 0 Å². The van der Waals surface area contributed by atoms with Crippen molar-refractivity contribution >= 4 is 11.3 Å². The molecule has 0 aliphatic rings. The van der Waals surface area contributed by atoms with E-state index in [0.717, 1.165) is 11.4 Å². The monoisotopic (exact) mass is 203 g/mol. The van der Waals surface area contributed by atoms with Crippen molar-refractivity contribution in [3.63, 3.8) is 0 Å². The van der Waals surface area contributed by atoms with Crippen molar-refractivity contribution in [2.45, 2.75) is 19.8 Å². The molecule has 0 aliphatic heterocycles. The Balaban J connectivity index is 2.42. The summed E-state index contributed by atoms with van der Waals surface area (Å²) in [6, 6.07) is 8.53. The van der Waals surface area contributed by atoms with E-state index in [1.165, 1.54) is 17.5 Å². The van der Waals surface area contributed by atoms with Crippen molar-refractivity contribution in [2.24, 2.45) is 0 Å². The first-order valence-corrected chi connectivity index (χ1v) is 5.77. The molecule has 0 unspecified atom stereocenters. The maximum atomic E-state index is 4.35. The minimum atomic E-state index is 1.13. The molecule has 72 valence electrons. The van der Waals surface area contributed by atoms with Crippen molar-refractivity contribution < 1.29 is 0 Å². The second-order valence-corrected chi connectivity index (χ2v) is 4.14. The third-order valence-corrected chi connectivity index (χ3v) is 3.01. The van der Waals surface area contributed by atoms with Gasteiger partial charge in [0, 0.05) is 17.1 Å². The molecule has 0 spiro atoms. The van der Waals surface area contributed by atoms with Crippen LogP contribution in [0.5, 0.6) is 0 Å². The van der Waals surface area contributed by atoms with Gasteiger partial charge in [0.1, 0.15) is 5.01 Å². The Kier molecular flexibility index (Phi) is 2.94. The van der Waals surface area contributed by atoms with E-state index in [9.17, 15) is 0 Å². The highest BCUT2D eigenvalue weighted by atomic mass is 32.1. The van der Waals surface area contributed by atoms with Crippen molar-refractivity contribution in [3.8, 4) is 10.6 Å². The lowest BCUT2D eigenvalue weighted by Gasteiger charge is -2.04. The highest BCUT2D eigenvalue weighted by Crippen LogP contribution is 2.26. The summed E-state index contributed by atoms with van der Waals surface area (Å²) in [5.41, 5.74) is 2.70. The van der Waals surface area contributed by atoms with Crippen LogP contribution in [0.25, 0.3) is 10.6 Å². The largest absolute Gasteiger partial charge is 0.245 e. The standard InChI is InChI=1S/C12H13NS/c1-2-5-10-6-3-4-7-11(10)12-13-8-9-14-12/h3-4,6-9H,2,5H2,1H3. The average molecular weight is 203 g/mol. The Labute approximate surface area is 88.4 Å². The number of benzene rings is 1. The quantitative estimate of drug-likeness (QED) is 0.740. The molecule has 0 radical (unpaired) electrons. The van der Waals surface area contributed by atoms with Gasteiger partial charge < -0.3 is 0 Å². The number of hydrogen-bond donors (Lipinski definition) is 0. The van der Waals surface area contributed by atoms with Crippen LogP contribution in [0, 0.1) is 0 Å². The number of rotatable bonds is 3. The number of aryl methyl sites for hydroxylation is 1.